The van der Waals surface area contributed by atoms with Crippen molar-refractivity contribution in [2.75, 3.05) is 5.73 Å². The van der Waals surface area contributed by atoms with Gasteiger partial charge in [-0.2, -0.15) is 10.5 Å². The summed E-state index contributed by atoms with van der Waals surface area (Å²) in [4.78, 5) is 4.00. The van der Waals surface area contributed by atoms with Crippen LogP contribution in [0.25, 0.3) is 0 Å². The Morgan fingerprint density at radius 3 is 2.68 bits per heavy atom. The number of rotatable bonds is 2. The van der Waals surface area contributed by atoms with Crippen LogP contribution in [0.3, 0.4) is 0 Å². The Bertz CT molecular complexity index is 710. The molecule has 0 radical (unpaired) electrons. The summed E-state index contributed by atoms with van der Waals surface area (Å²) in [5.41, 5.74) is 7.61. The molecule has 1 aromatic heterocycles. The Morgan fingerprint density at radius 2 is 2.00 bits per heavy atom. The fraction of sp³-hybridized carbons (Fsp3) is 0.0714. The minimum absolute atomic E-state index is 0.164. The quantitative estimate of drug-likeness (QED) is 0.883. The number of benzene rings is 1. The highest BCUT2D eigenvalue weighted by Gasteiger charge is 2.10. The first kappa shape index (κ1) is 12.4. The first-order valence-electron chi connectivity index (χ1n) is 5.49. The Morgan fingerprint density at radius 1 is 1.21 bits per heavy atom. The third-order valence-corrected chi connectivity index (χ3v) is 2.60. The normalized spacial score (nSPS) is 9.42. The van der Waals surface area contributed by atoms with Crippen molar-refractivity contribution in [2.45, 2.75) is 6.92 Å². The molecule has 0 unspecified atom stereocenters. The molecule has 92 valence electrons. The third kappa shape index (κ3) is 2.46. The van der Waals surface area contributed by atoms with E-state index in [0.29, 0.717) is 16.9 Å². The van der Waals surface area contributed by atoms with E-state index >= 15 is 0 Å². The molecule has 2 N–H and O–H groups in total. The van der Waals surface area contributed by atoms with Gasteiger partial charge in [0.25, 0.3) is 0 Å². The smallest absolute Gasteiger partial charge is 0.244 e. The molecule has 2 aromatic rings. The molecule has 0 aliphatic carbocycles. The van der Waals surface area contributed by atoms with Crippen molar-refractivity contribution in [1.82, 2.24) is 4.98 Å². The second-order valence-electron chi connectivity index (χ2n) is 3.88. The monoisotopic (exact) mass is 250 g/mol. The van der Waals surface area contributed by atoms with E-state index in [1.54, 1.807) is 18.2 Å². The summed E-state index contributed by atoms with van der Waals surface area (Å²) in [5, 5.41) is 17.8. The van der Waals surface area contributed by atoms with E-state index in [9.17, 15) is 0 Å². The lowest BCUT2D eigenvalue weighted by Crippen LogP contribution is -1.98. The first-order chi connectivity index (χ1) is 9.15. The van der Waals surface area contributed by atoms with E-state index in [2.05, 4.69) is 4.98 Å². The SMILES string of the molecule is Cc1ccc(C#N)cc1Oc1nccc(C#N)c1N. The number of nitriles is 2. The molecule has 1 aromatic carbocycles. The molecule has 19 heavy (non-hydrogen) atoms. The maximum absolute atomic E-state index is 8.89. The van der Waals surface area contributed by atoms with Crippen LogP contribution >= 0.6 is 0 Å². The van der Waals surface area contributed by atoms with Gasteiger partial charge in [-0.25, -0.2) is 4.98 Å². The van der Waals surface area contributed by atoms with Crippen LogP contribution in [-0.4, -0.2) is 4.98 Å². The molecule has 1 heterocycles. The van der Waals surface area contributed by atoms with Gasteiger partial charge in [0.05, 0.1) is 17.2 Å². The number of hydrogen-bond acceptors (Lipinski definition) is 5. The van der Waals surface area contributed by atoms with Crippen molar-refractivity contribution in [3.05, 3.63) is 47.2 Å². The largest absolute Gasteiger partial charge is 0.437 e. The van der Waals surface area contributed by atoms with E-state index in [4.69, 9.17) is 21.0 Å². The van der Waals surface area contributed by atoms with Crippen LogP contribution in [0.1, 0.15) is 16.7 Å². The zero-order chi connectivity index (χ0) is 13.8. The molecule has 0 atom stereocenters. The van der Waals surface area contributed by atoms with Gasteiger partial charge in [0.1, 0.15) is 17.5 Å². The van der Waals surface area contributed by atoms with Crippen LogP contribution in [0.4, 0.5) is 5.69 Å². The van der Waals surface area contributed by atoms with Crippen molar-refractivity contribution in [3.8, 4) is 23.8 Å². The molecule has 5 nitrogen and oxygen atoms in total. The number of anilines is 1. The number of pyridine rings is 1. The molecule has 0 spiro atoms. The van der Waals surface area contributed by atoms with Gasteiger partial charge in [-0.15, -0.1) is 0 Å². The van der Waals surface area contributed by atoms with Gasteiger partial charge in [-0.05, 0) is 30.7 Å². The highest BCUT2D eigenvalue weighted by Crippen LogP contribution is 2.29. The van der Waals surface area contributed by atoms with Crippen molar-refractivity contribution in [2.24, 2.45) is 0 Å². The van der Waals surface area contributed by atoms with E-state index in [1.807, 2.05) is 19.1 Å². The van der Waals surface area contributed by atoms with Gasteiger partial charge in [0.2, 0.25) is 5.88 Å². The lowest BCUT2D eigenvalue weighted by atomic mass is 10.1. The molecule has 5 heteroatoms. The van der Waals surface area contributed by atoms with E-state index in [-0.39, 0.29) is 11.6 Å². The topological polar surface area (TPSA) is 95.7 Å². The molecule has 0 saturated carbocycles. The lowest BCUT2D eigenvalue weighted by molar-refractivity contribution is 0.462. The molecule has 0 aliphatic rings. The maximum Gasteiger partial charge on any atom is 0.244 e. The molecule has 0 fully saturated rings. The van der Waals surface area contributed by atoms with Crippen LogP contribution in [0.15, 0.2) is 30.5 Å². The molecular weight excluding hydrogens is 240 g/mol. The minimum atomic E-state index is 0.164. The van der Waals surface area contributed by atoms with Gasteiger partial charge in [-0.3, -0.25) is 0 Å². The van der Waals surface area contributed by atoms with Gasteiger partial charge in [-0.1, -0.05) is 6.07 Å². The van der Waals surface area contributed by atoms with E-state index in [0.717, 1.165) is 5.56 Å². The average Bonchev–Trinajstić information content (AvgIpc) is 2.43. The molecule has 2 rings (SSSR count). The van der Waals surface area contributed by atoms with Gasteiger partial charge < -0.3 is 10.5 Å². The zero-order valence-corrected chi connectivity index (χ0v) is 10.2. The summed E-state index contributed by atoms with van der Waals surface area (Å²) in [7, 11) is 0. The molecule has 0 aliphatic heterocycles. The van der Waals surface area contributed by atoms with Gasteiger partial charge >= 0.3 is 0 Å². The maximum atomic E-state index is 8.89. The molecule has 0 amide bonds. The Hall–Kier alpha value is -3.05. The number of ether oxygens (including phenoxy) is 1. The third-order valence-electron chi connectivity index (χ3n) is 2.60. The highest BCUT2D eigenvalue weighted by atomic mass is 16.5. The second-order valence-corrected chi connectivity index (χ2v) is 3.88. The molecule has 0 bridgehead atoms. The summed E-state index contributed by atoms with van der Waals surface area (Å²) < 4.78 is 5.59. The Balaban J connectivity index is 2.43. The summed E-state index contributed by atoms with van der Waals surface area (Å²) in [6.07, 6.45) is 1.45. The Labute approximate surface area is 110 Å². The predicted octanol–water partition coefficient (Wildman–Crippen LogP) is 2.51. The van der Waals surface area contributed by atoms with E-state index < -0.39 is 0 Å². The number of hydrogen-bond donors (Lipinski definition) is 1. The summed E-state index contributed by atoms with van der Waals surface area (Å²) in [5.74, 6) is 0.658. The predicted molar refractivity (Wildman–Crippen MR) is 69.3 cm³/mol. The second kappa shape index (κ2) is 5.07. The fourth-order valence-electron chi connectivity index (χ4n) is 1.52. The van der Waals surface area contributed by atoms with Crippen LogP contribution < -0.4 is 10.5 Å². The fourth-order valence-corrected chi connectivity index (χ4v) is 1.52. The van der Waals surface area contributed by atoms with Crippen molar-refractivity contribution in [3.63, 3.8) is 0 Å². The molecular formula is C14H10N4O. The van der Waals surface area contributed by atoms with Crippen LogP contribution in [-0.2, 0) is 0 Å². The van der Waals surface area contributed by atoms with Crippen LogP contribution in [0.5, 0.6) is 11.6 Å². The minimum Gasteiger partial charge on any atom is -0.437 e. The number of aryl methyl sites for hydroxylation is 1. The highest BCUT2D eigenvalue weighted by molar-refractivity contribution is 5.61. The van der Waals surface area contributed by atoms with Crippen molar-refractivity contribution >= 4 is 5.69 Å². The van der Waals surface area contributed by atoms with Crippen LogP contribution in [0.2, 0.25) is 0 Å². The summed E-state index contributed by atoms with van der Waals surface area (Å²) in [6, 6.07) is 10.6. The summed E-state index contributed by atoms with van der Waals surface area (Å²) >= 11 is 0. The average molecular weight is 250 g/mol. The lowest BCUT2D eigenvalue weighted by Gasteiger charge is -2.10. The van der Waals surface area contributed by atoms with Gasteiger partial charge in [0, 0.05) is 6.20 Å². The zero-order valence-electron chi connectivity index (χ0n) is 10.2. The van der Waals surface area contributed by atoms with Crippen molar-refractivity contribution < 1.29 is 4.74 Å². The van der Waals surface area contributed by atoms with Gasteiger partial charge in [0.15, 0.2) is 0 Å². The summed E-state index contributed by atoms with van der Waals surface area (Å²) in [6.45, 7) is 1.85. The molecule has 0 saturated heterocycles. The standard InChI is InChI=1S/C14H10N4O/c1-9-2-3-10(7-15)6-12(9)19-14-13(17)11(8-16)4-5-18-14/h2-6H,17H2,1H3. The van der Waals surface area contributed by atoms with Crippen LogP contribution in [0, 0.1) is 29.6 Å². The number of nitrogen functional groups attached to an aromatic ring is 1. The van der Waals surface area contributed by atoms with Crippen molar-refractivity contribution in [1.29, 1.82) is 10.5 Å². The number of aromatic nitrogens is 1. The Kier molecular flexibility index (Phi) is 3.31. The van der Waals surface area contributed by atoms with E-state index in [1.165, 1.54) is 12.3 Å². The first-order valence-corrected chi connectivity index (χ1v) is 5.49. The number of nitrogens with zero attached hydrogens (tertiary/aromatic N) is 3. The number of nitrogens with two attached hydrogens (primary N) is 1.